The van der Waals surface area contributed by atoms with Crippen molar-refractivity contribution in [3.8, 4) is 5.75 Å². The highest BCUT2D eigenvalue weighted by Gasteiger charge is 2.31. The van der Waals surface area contributed by atoms with Gasteiger partial charge in [-0.1, -0.05) is 18.2 Å². The van der Waals surface area contributed by atoms with Crippen LogP contribution in [0, 0.1) is 6.92 Å². The Bertz CT molecular complexity index is 844. The maximum absolute atomic E-state index is 12.3. The van der Waals surface area contributed by atoms with E-state index in [4.69, 9.17) is 0 Å². The SMILES string of the molecule is Cc1cc2c(nc1Nc1cccc(OC(F)(F)F)c1)=CCCC=2. The van der Waals surface area contributed by atoms with Crippen LogP contribution in [0.2, 0.25) is 0 Å². The summed E-state index contributed by atoms with van der Waals surface area (Å²) in [6.07, 6.45) is 1.43. The summed E-state index contributed by atoms with van der Waals surface area (Å²) in [5.74, 6) is 0.359. The van der Waals surface area contributed by atoms with Gasteiger partial charge in [0, 0.05) is 11.8 Å². The first-order valence-electron chi connectivity index (χ1n) is 7.21. The maximum atomic E-state index is 12.3. The second-order valence-electron chi connectivity index (χ2n) is 5.31. The first kappa shape index (κ1) is 15.4. The molecule has 0 spiro atoms. The van der Waals surface area contributed by atoms with Gasteiger partial charge in [0.25, 0.3) is 0 Å². The van der Waals surface area contributed by atoms with E-state index >= 15 is 0 Å². The van der Waals surface area contributed by atoms with Gasteiger partial charge in [0.2, 0.25) is 0 Å². The Balaban J connectivity index is 1.90. The van der Waals surface area contributed by atoms with Crippen molar-refractivity contribution in [1.29, 1.82) is 0 Å². The van der Waals surface area contributed by atoms with Crippen molar-refractivity contribution < 1.29 is 17.9 Å². The molecule has 0 saturated carbocycles. The molecule has 1 heterocycles. The van der Waals surface area contributed by atoms with Gasteiger partial charge in [-0.3, -0.25) is 0 Å². The lowest BCUT2D eigenvalue weighted by molar-refractivity contribution is -0.274. The molecule has 1 N–H and O–H groups in total. The van der Waals surface area contributed by atoms with Gasteiger partial charge in [-0.25, -0.2) is 4.98 Å². The minimum absolute atomic E-state index is 0.266. The van der Waals surface area contributed by atoms with Gasteiger partial charge in [0.05, 0.1) is 5.35 Å². The molecule has 1 aromatic heterocycles. The van der Waals surface area contributed by atoms with Crippen molar-refractivity contribution in [3.63, 3.8) is 0 Å². The van der Waals surface area contributed by atoms with E-state index in [0.29, 0.717) is 11.5 Å². The number of pyridine rings is 1. The van der Waals surface area contributed by atoms with Gasteiger partial charge in [-0.05, 0) is 48.7 Å². The lowest BCUT2D eigenvalue weighted by Crippen LogP contribution is -2.31. The Hall–Kier alpha value is -2.50. The number of halogens is 3. The molecule has 1 aromatic carbocycles. The summed E-state index contributed by atoms with van der Waals surface area (Å²) in [5, 5.41) is 5.04. The quantitative estimate of drug-likeness (QED) is 0.941. The third kappa shape index (κ3) is 3.83. The molecule has 1 aliphatic carbocycles. The van der Waals surface area contributed by atoms with Crippen molar-refractivity contribution in [1.82, 2.24) is 4.98 Å². The zero-order chi connectivity index (χ0) is 16.4. The first-order valence-corrected chi connectivity index (χ1v) is 7.21. The Morgan fingerprint density at radius 2 is 1.91 bits per heavy atom. The molecule has 1 aliphatic rings. The number of nitrogens with zero attached hydrogens (tertiary/aromatic N) is 1. The number of aryl methyl sites for hydroxylation is 1. The lowest BCUT2D eigenvalue weighted by atomic mass is 10.1. The molecule has 23 heavy (non-hydrogen) atoms. The van der Waals surface area contributed by atoms with Crippen LogP contribution in [-0.4, -0.2) is 11.3 Å². The number of anilines is 2. The smallest absolute Gasteiger partial charge is 0.406 e. The number of rotatable bonds is 3. The van der Waals surface area contributed by atoms with Crippen LogP contribution < -0.4 is 20.6 Å². The highest BCUT2D eigenvalue weighted by atomic mass is 19.4. The number of benzene rings is 1. The summed E-state index contributed by atoms with van der Waals surface area (Å²) < 4.78 is 40.8. The van der Waals surface area contributed by atoms with Crippen LogP contribution in [0.1, 0.15) is 18.4 Å². The molecule has 0 aliphatic heterocycles. The Labute approximate surface area is 131 Å². The lowest BCUT2D eigenvalue weighted by Gasteiger charge is -2.12. The molecule has 0 fully saturated rings. The van der Waals surface area contributed by atoms with Crippen LogP contribution in [-0.2, 0) is 0 Å². The summed E-state index contributed by atoms with van der Waals surface area (Å²) >= 11 is 0. The predicted molar refractivity (Wildman–Crippen MR) is 82.8 cm³/mol. The molecule has 0 atom stereocenters. The fourth-order valence-electron chi connectivity index (χ4n) is 2.47. The monoisotopic (exact) mass is 320 g/mol. The average molecular weight is 320 g/mol. The van der Waals surface area contributed by atoms with Gasteiger partial charge < -0.3 is 10.1 Å². The molecule has 120 valence electrons. The van der Waals surface area contributed by atoms with E-state index in [0.717, 1.165) is 29.0 Å². The van der Waals surface area contributed by atoms with E-state index in [1.54, 1.807) is 6.07 Å². The van der Waals surface area contributed by atoms with Crippen LogP contribution in [0.3, 0.4) is 0 Å². The van der Waals surface area contributed by atoms with E-state index in [9.17, 15) is 13.2 Å². The van der Waals surface area contributed by atoms with Gasteiger partial charge in [-0.2, -0.15) is 0 Å². The third-order valence-electron chi connectivity index (χ3n) is 3.47. The van der Waals surface area contributed by atoms with Crippen LogP contribution in [0.4, 0.5) is 24.7 Å². The number of ether oxygens (including phenoxy) is 1. The molecule has 0 bridgehead atoms. The molecular weight excluding hydrogens is 305 g/mol. The molecule has 0 radical (unpaired) electrons. The number of aromatic nitrogens is 1. The fraction of sp³-hybridized carbons (Fsp3) is 0.235. The maximum Gasteiger partial charge on any atom is 0.573 e. The Kier molecular flexibility index (Phi) is 3.98. The second-order valence-corrected chi connectivity index (χ2v) is 5.31. The number of fused-ring (bicyclic) bond motifs is 1. The fourth-order valence-corrected chi connectivity index (χ4v) is 2.47. The predicted octanol–water partition coefficient (Wildman–Crippen LogP) is 3.39. The highest BCUT2D eigenvalue weighted by Crippen LogP contribution is 2.26. The Morgan fingerprint density at radius 3 is 2.70 bits per heavy atom. The topological polar surface area (TPSA) is 34.2 Å². The third-order valence-corrected chi connectivity index (χ3v) is 3.47. The molecule has 3 rings (SSSR count). The molecule has 6 heteroatoms. The standard InChI is InChI=1S/C17H15F3N2O/c1-11-9-12-5-2-3-8-15(12)22-16(11)21-13-6-4-7-14(10-13)23-17(18,19)20/h4-10H,2-3H2,1H3,(H,21,22). The van der Waals surface area contributed by atoms with Crippen LogP contribution >= 0.6 is 0 Å². The normalized spacial score (nSPS) is 13.6. The van der Waals surface area contributed by atoms with E-state index in [2.05, 4.69) is 27.2 Å². The first-order chi connectivity index (χ1) is 10.9. The number of hydrogen-bond acceptors (Lipinski definition) is 3. The van der Waals surface area contributed by atoms with E-state index in [1.165, 1.54) is 18.2 Å². The van der Waals surface area contributed by atoms with Crippen LogP contribution in [0.25, 0.3) is 12.2 Å². The molecular formula is C17H15F3N2O. The zero-order valence-corrected chi connectivity index (χ0v) is 12.4. The van der Waals surface area contributed by atoms with Gasteiger partial charge in [0.15, 0.2) is 0 Å². The highest BCUT2D eigenvalue weighted by molar-refractivity contribution is 5.61. The summed E-state index contributed by atoms with van der Waals surface area (Å²) in [6, 6.07) is 7.74. The van der Waals surface area contributed by atoms with E-state index in [-0.39, 0.29) is 5.75 Å². The summed E-state index contributed by atoms with van der Waals surface area (Å²) in [6.45, 7) is 1.91. The molecule has 0 saturated heterocycles. The summed E-state index contributed by atoms with van der Waals surface area (Å²) in [4.78, 5) is 4.55. The van der Waals surface area contributed by atoms with Crippen molar-refractivity contribution in [2.24, 2.45) is 0 Å². The van der Waals surface area contributed by atoms with Crippen molar-refractivity contribution >= 4 is 23.7 Å². The minimum atomic E-state index is -4.70. The average Bonchev–Trinajstić information content (AvgIpc) is 2.46. The van der Waals surface area contributed by atoms with Crippen molar-refractivity contribution in [2.45, 2.75) is 26.1 Å². The summed E-state index contributed by atoms with van der Waals surface area (Å²) in [5.41, 5.74) is 1.42. The number of hydrogen-bond donors (Lipinski definition) is 1. The summed E-state index contributed by atoms with van der Waals surface area (Å²) in [7, 11) is 0. The van der Waals surface area contributed by atoms with Gasteiger partial charge in [-0.15, -0.1) is 13.2 Å². The number of nitrogens with one attached hydrogen (secondary N) is 1. The molecule has 0 unspecified atom stereocenters. The zero-order valence-electron chi connectivity index (χ0n) is 12.4. The van der Waals surface area contributed by atoms with Crippen LogP contribution in [0.15, 0.2) is 30.3 Å². The second kappa shape index (κ2) is 5.95. The minimum Gasteiger partial charge on any atom is -0.406 e. The molecule has 0 amide bonds. The molecule has 3 nitrogen and oxygen atoms in total. The van der Waals surface area contributed by atoms with Crippen molar-refractivity contribution in [3.05, 3.63) is 46.5 Å². The Morgan fingerprint density at radius 1 is 1.13 bits per heavy atom. The van der Waals surface area contributed by atoms with E-state index < -0.39 is 6.36 Å². The largest absolute Gasteiger partial charge is 0.573 e. The number of alkyl halides is 3. The van der Waals surface area contributed by atoms with Crippen LogP contribution in [0.5, 0.6) is 5.75 Å². The van der Waals surface area contributed by atoms with E-state index in [1.807, 2.05) is 13.0 Å². The van der Waals surface area contributed by atoms with Crippen molar-refractivity contribution in [2.75, 3.05) is 5.32 Å². The molecule has 2 aromatic rings. The van der Waals surface area contributed by atoms with Gasteiger partial charge >= 0.3 is 6.36 Å². The van der Waals surface area contributed by atoms with Gasteiger partial charge in [0.1, 0.15) is 11.6 Å².